The van der Waals surface area contributed by atoms with Crippen LogP contribution in [0.1, 0.15) is 0 Å². The van der Waals surface area contributed by atoms with E-state index >= 15 is 0 Å². The largest absolute Gasteiger partial charge is 0.296 e. The van der Waals surface area contributed by atoms with Crippen LogP contribution in [0.3, 0.4) is 0 Å². The Balaban J connectivity index is 2.44. The minimum Gasteiger partial charge on any atom is -0.296 e. The van der Waals surface area contributed by atoms with Crippen molar-refractivity contribution < 1.29 is 4.79 Å². The van der Waals surface area contributed by atoms with Crippen LogP contribution in [-0.4, -0.2) is 41.9 Å². The van der Waals surface area contributed by atoms with Gasteiger partial charge in [-0.15, -0.1) is 0 Å². The normalized spacial score (nSPS) is 22.9. The number of carbonyl (C=O) groups is 1. The Morgan fingerprint density at radius 3 is 2.67 bits per heavy atom. The molecule has 0 saturated carbocycles. The molecule has 1 fully saturated rings. The molecule has 1 aliphatic heterocycles. The first-order valence-electron chi connectivity index (χ1n) is 2.85. The van der Waals surface area contributed by atoms with Gasteiger partial charge < -0.3 is 0 Å². The maximum Gasteiger partial charge on any atom is 0.251 e. The summed E-state index contributed by atoms with van der Waals surface area (Å²) in [5.41, 5.74) is 0. The van der Waals surface area contributed by atoms with Gasteiger partial charge >= 0.3 is 0 Å². The lowest BCUT2D eigenvalue weighted by Gasteiger charge is -2.26. The van der Waals surface area contributed by atoms with Crippen LogP contribution in [0.15, 0.2) is 0 Å². The van der Waals surface area contributed by atoms with Crippen molar-refractivity contribution in [3.63, 3.8) is 0 Å². The highest BCUT2D eigenvalue weighted by molar-refractivity contribution is 6.21. The second kappa shape index (κ2) is 2.54. The standard InChI is InChI=1S/C5H9ClN2O/c1-7-2-3-8(6)5(9)4-7/h2-4H2,1H3. The molecule has 0 atom stereocenters. The van der Waals surface area contributed by atoms with Crippen LogP contribution in [0, 0.1) is 0 Å². The molecule has 0 aromatic rings. The highest BCUT2D eigenvalue weighted by atomic mass is 35.5. The average molecular weight is 149 g/mol. The maximum atomic E-state index is 10.8. The van der Waals surface area contributed by atoms with Crippen molar-refractivity contribution in [2.45, 2.75) is 0 Å². The predicted octanol–water partition coefficient (Wildman–Crippen LogP) is -0.0858. The number of piperazine rings is 1. The lowest BCUT2D eigenvalue weighted by atomic mass is 10.4. The van der Waals surface area contributed by atoms with E-state index < -0.39 is 0 Å². The molecule has 0 aliphatic carbocycles. The summed E-state index contributed by atoms with van der Waals surface area (Å²) in [7, 11) is 1.90. The van der Waals surface area contributed by atoms with Gasteiger partial charge in [0.05, 0.1) is 13.1 Å². The monoisotopic (exact) mass is 148 g/mol. The minimum absolute atomic E-state index is 0.00887. The van der Waals surface area contributed by atoms with Gasteiger partial charge in [0.15, 0.2) is 0 Å². The first-order valence-corrected chi connectivity index (χ1v) is 3.18. The van der Waals surface area contributed by atoms with Crippen LogP contribution in [0.5, 0.6) is 0 Å². The van der Waals surface area contributed by atoms with Gasteiger partial charge in [-0.1, -0.05) is 0 Å². The zero-order valence-electron chi connectivity index (χ0n) is 5.30. The fourth-order valence-corrected chi connectivity index (χ4v) is 0.899. The first kappa shape index (κ1) is 6.83. The number of hydrogen-bond donors (Lipinski definition) is 0. The third-order valence-electron chi connectivity index (χ3n) is 1.35. The summed E-state index contributed by atoms with van der Waals surface area (Å²) >= 11 is 5.49. The molecule has 0 N–H and O–H groups in total. The van der Waals surface area contributed by atoms with Crippen LogP contribution in [-0.2, 0) is 4.79 Å². The van der Waals surface area contributed by atoms with Crippen LogP contribution in [0.4, 0.5) is 0 Å². The molecule has 1 amide bonds. The van der Waals surface area contributed by atoms with Crippen molar-refractivity contribution in [2.75, 3.05) is 26.7 Å². The van der Waals surface area contributed by atoms with Gasteiger partial charge in [-0.2, -0.15) is 0 Å². The molecular weight excluding hydrogens is 140 g/mol. The molecule has 0 radical (unpaired) electrons. The Labute approximate surface area is 59.3 Å². The fraction of sp³-hybridized carbons (Fsp3) is 0.800. The van der Waals surface area contributed by atoms with E-state index in [1.165, 1.54) is 4.42 Å². The summed E-state index contributed by atoms with van der Waals surface area (Å²) in [6.45, 7) is 1.95. The zero-order valence-corrected chi connectivity index (χ0v) is 6.06. The van der Waals surface area contributed by atoms with E-state index in [9.17, 15) is 4.79 Å². The van der Waals surface area contributed by atoms with E-state index in [-0.39, 0.29) is 5.91 Å². The molecule has 52 valence electrons. The fourth-order valence-electron chi connectivity index (χ4n) is 0.770. The van der Waals surface area contributed by atoms with Crippen LogP contribution < -0.4 is 0 Å². The molecule has 0 unspecified atom stereocenters. The predicted molar refractivity (Wildman–Crippen MR) is 35.1 cm³/mol. The lowest BCUT2D eigenvalue weighted by molar-refractivity contribution is -0.129. The van der Waals surface area contributed by atoms with Crippen molar-refractivity contribution in [2.24, 2.45) is 0 Å². The molecule has 1 saturated heterocycles. The molecule has 0 spiro atoms. The van der Waals surface area contributed by atoms with Gasteiger partial charge in [0.25, 0.3) is 5.91 Å². The van der Waals surface area contributed by atoms with Gasteiger partial charge in [-0.3, -0.25) is 14.1 Å². The summed E-state index contributed by atoms with van der Waals surface area (Å²) in [5, 5.41) is 0. The molecule has 0 aromatic carbocycles. The second-order valence-corrected chi connectivity index (χ2v) is 2.63. The molecule has 0 aromatic heterocycles. The topological polar surface area (TPSA) is 23.6 Å². The van der Waals surface area contributed by atoms with E-state index in [2.05, 4.69) is 0 Å². The Hall–Kier alpha value is -0.280. The number of hydrogen-bond acceptors (Lipinski definition) is 2. The molecule has 1 rings (SSSR count). The summed E-state index contributed by atoms with van der Waals surface area (Å²) in [6, 6.07) is 0. The van der Waals surface area contributed by atoms with Crippen LogP contribution in [0.25, 0.3) is 0 Å². The summed E-state index contributed by atoms with van der Waals surface area (Å²) in [4.78, 5) is 12.7. The summed E-state index contributed by atoms with van der Waals surface area (Å²) in [6.07, 6.45) is 0. The summed E-state index contributed by atoms with van der Waals surface area (Å²) < 4.78 is 1.24. The molecule has 9 heavy (non-hydrogen) atoms. The zero-order chi connectivity index (χ0) is 6.85. The third kappa shape index (κ3) is 1.56. The molecule has 4 heteroatoms. The second-order valence-electron chi connectivity index (χ2n) is 2.22. The van der Waals surface area contributed by atoms with Crippen LogP contribution >= 0.6 is 11.8 Å². The average Bonchev–Trinajstić information content (AvgIpc) is 1.80. The van der Waals surface area contributed by atoms with E-state index in [0.29, 0.717) is 13.1 Å². The molecule has 1 aliphatic rings. The third-order valence-corrected chi connectivity index (χ3v) is 1.71. The Morgan fingerprint density at radius 1 is 1.56 bits per heavy atom. The quantitative estimate of drug-likeness (QED) is 0.449. The van der Waals surface area contributed by atoms with E-state index in [1.807, 2.05) is 11.9 Å². The highest BCUT2D eigenvalue weighted by Gasteiger charge is 2.18. The first-order chi connectivity index (χ1) is 4.20. The van der Waals surface area contributed by atoms with Gasteiger partial charge in [0.1, 0.15) is 0 Å². The summed E-state index contributed by atoms with van der Waals surface area (Å²) in [5.74, 6) is -0.00887. The molecular formula is C5H9ClN2O. The van der Waals surface area contributed by atoms with E-state index in [0.717, 1.165) is 6.54 Å². The van der Waals surface area contributed by atoms with Gasteiger partial charge in [0.2, 0.25) is 0 Å². The number of amides is 1. The number of carbonyl (C=O) groups excluding carboxylic acids is 1. The van der Waals surface area contributed by atoms with E-state index in [1.54, 1.807) is 0 Å². The minimum atomic E-state index is -0.00887. The van der Waals surface area contributed by atoms with Crippen molar-refractivity contribution in [1.82, 2.24) is 9.32 Å². The van der Waals surface area contributed by atoms with E-state index in [4.69, 9.17) is 11.8 Å². The number of likely N-dealkylation sites (N-methyl/N-ethyl adjacent to an activating group) is 1. The SMILES string of the molecule is CN1CCN(Cl)C(=O)C1. The Bertz CT molecular complexity index is 128. The van der Waals surface area contributed by atoms with Gasteiger partial charge in [0, 0.05) is 18.3 Å². The Morgan fingerprint density at radius 2 is 2.22 bits per heavy atom. The lowest BCUT2D eigenvalue weighted by Crippen LogP contribution is -2.44. The smallest absolute Gasteiger partial charge is 0.251 e. The van der Waals surface area contributed by atoms with Gasteiger partial charge in [-0.25, -0.2) is 0 Å². The number of halogens is 1. The van der Waals surface area contributed by atoms with Crippen molar-refractivity contribution in [3.05, 3.63) is 0 Å². The molecule has 3 nitrogen and oxygen atoms in total. The van der Waals surface area contributed by atoms with Gasteiger partial charge in [-0.05, 0) is 7.05 Å². The number of rotatable bonds is 0. The highest BCUT2D eigenvalue weighted by Crippen LogP contribution is 2.02. The van der Waals surface area contributed by atoms with Crippen molar-refractivity contribution in [3.8, 4) is 0 Å². The maximum absolute atomic E-state index is 10.8. The molecule has 1 heterocycles. The van der Waals surface area contributed by atoms with Crippen LogP contribution in [0.2, 0.25) is 0 Å². The van der Waals surface area contributed by atoms with Crippen molar-refractivity contribution >= 4 is 17.7 Å². The number of nitrogens with zero attached hydrogens (tertiary/aromatic N) is 2. The molecule has 0 bridgehead atoms. The Kier molecular flexibility index (Phi) is 1.93. The van der Waals surface area contributed by atoms with Crippen molar-refractivity contribution in [1.29, 1.82) is 0 Å².